The number of fused-ring (bicyclic) bond motifs is 7. The van der Waals surface area contributed by atoms with Gasteiger partial charge in [-0.15, -0.1) is 0 Å². The average Bonchev–Trinajstić information content (AvgIpc) is 3.34. The minimum Gasteiger partial charge on any atom is -0.462 e. The van der Waals surface area contributed by atoms with E-state index in [0.29, 0.717) is 19.3 Å². The molecule has 244 valence electrons. The fourth-order valence-electron chi connectivity index (χ4n) is 10.6. The summed E-state index contributed by atoms with van der Waals surface area (Å²) in [5.41, 5.74) is -1.52. The fraction of sp³-hybridized carbons (Fsp3) is 0.800. The number of ether oxygens (including phenoxy) is 5. The molecule has 4 aliphatic carbocycles. The highest BCUT2D eigenvalue weighted by molar-refractivity contribution is 6.01. The number of carbonyl (C=O) groups excluding carboxylic acids is 3. The van der Waals surface area contributed by atoms with Gasteiger partial charge in [-0.1, -0.05) is 39.3 Å². The van der Waals surface area contributed by atoms with Gasteiger partial charge in [0.1, 0.15) is 17.8 Å². The molecule has 0 aromatic rings. The lowest BCUT2D eigenvalue weighted by Crippen LogP contribution is -2.67. The first-order valence-corrected chi connectivity index (χ1v) is 16.5. The second-order valence-electron chi connectivity index (χ2n) is 15.5. The van der Waals surface area contributed by atoms with Crippen LogP contribution in [0.3, 0.4) is 0 Å². The van der Waals surface area contributed by atoms with Crippen LogP contribution in [-0.2, 0) is 38.1 Å². The van der Waals surface area contributed by atoms with Crippen LogP contribution in [0, 0.1) is 40.4 Å². The van der Waals surface area contributed by atoms with Crippen molar-refractivity contribution >= 4 is 17.7 Å². The van der Waals surface area contributed by atoms with Crippen molar-refractivity contribution in [2.75, 3.05) is 0 Å². The first-order valence-electron chi connectivity index (χ1n) is 16.5. The van der Waals surface area contributed by atoms with Gasteiger partial charge >= 0.3 is 11.9 Å². The number of aliphatic hydroxyl groups is 1. The van der Waals surface area contributed by atoms with Gasteiger partial charge in [0.15, 0.2) is 5.78 Å². The average molecular weight is 615 g/mol. The number of esters is 2. The smallest absolute Gasteiger partial charge is 0.303 e. The maximum atomic E-state index is 12.7. The van der Waals surface area contributed by atoms with Crippen LogP contribution in [0.1, 0.15) is 94.4 Å². The summed E-state index contributed by atoms with van der Waals surface area (Å²) in [5.74, 6) is -2.64. The molecule has 0 radical (unpaired) electrons. The minimum absolute atomic E-state index is 0.0126. The molecule has 5 fully saturated rings. The van der Waals surface area contributed by atoms with Crippen molar-refractivity contribution < 1.29 is 43.2 Å². The third-order valence-electron chi connectivity index (χ3n) is 13.0. The molecule has 2 aliphatic heterocycles. The number of rotatable bonds is 5. The Morgan fingerprint density at radius 3 is 2.39 bits per heavy atom. The fourth-order valence-corrected chi connectivity index (χ4v) is 10.6. The molecule has 44 heavy (non-hydrogen) atoms. The Morgan fingerprint density at radius 1 is 1.07 bits per heavy atom. The van der Waals surface area contributed by atoms with Gasteiger partial charge in [-0.3, -0.25) is 14.4 Å². The predicted octanol–water partition coefficient (Wildman–Crippen LogP) is 5.04. The molecule has 0 aromatic carbocycles. The molecule has 9 heteroatoms. The van der Waals surface area contributed by atoms with Gasteiger partial charge in [-0.2, -0.15) is 0 Å². The minimum atomic E-state index is -1.12. The zero-order valence-electron chi connectivity index (χ0n) is 27.7. The highest BCUT2D eigenvalue weighted by Crippen LogP contribution is 2.69. The summed E-state index contributed by atoms with van der Waals surface area (Å²) in [6.45, 7) is 17.4. The van der Waals surface area contributed by atoms with Crippen molar-refractivity contribution in [1.82, 2.24) is 0 Å². The van der Waals surface area contributed by atoms with Crippen LogP contribution < -0.4 is 0 Å². The molecule has 0 amide bonds. The van der Waals surface area contributed by atoms with E-state index in [4.69, 9.17) is 23.7 Å². The van der Waals surface area contributed by atoms with E-state index >= 15 is 0 Å². The largest absolute Gasteiger partial charge is 0.462 e. The van der Waals surface area contributed by atoms with Gasteiger partial charge in [0.2, 0.25) is 0 Å². The van der Waals surface area contributed by atoms with Crippen molar-refractivity contribution in [2.24, 2.45) is 40.4 Å². The van der Waals surface area contributed by atoms with Gasteiger partial charge in [0.05, 0.1) is 17.8 Å². The van der Waals surface area contributed by atoms with Crippen molar-refractivity contribution in [2.45, 2.75) is 136 Å². The summed E-state index contributed by atoms with van der Waals surface area (Å²) >= 11 is 0. The van der Waals surface area contributed by atoms with E-state index < -0.39 is 58.2 Å². The number of ketones is 1. The molecule has 6 aliphatic rings. The number of hydrogen-bond acceptors (Lipinski definition) is 9. The maximum absolute atomic E-state index is 12.7. The van der Waals surface area contributed by atoms with Crippen LogP contribution in [0.2, 0.25) is 0 Å². The van der Waals surface area contributed by atoms with Crippen LogP contribution in [0.25, 0.3) is 0 Å². The number of carbonyl (C=O) groups is 3. The molecule has 1 N–H and O–H groups in total. The third kappa shape index (κ3) is 4.43. The molecule has 9 nitrogen and oxygen atoms in total. The predicted molar refractivity (Wildman–Crippen MR) is 160 cm³/mol. The van der Waals surface area contributed by atoms with Gasteiger partial charge in [-0.05, 0) is 63.5 Å². The summed E-state index contributed by atoms with van der Waals surface area (Å²) in [5, 5.41) is 12.4. The molecule has 2 heterocycles. The highest BCUT2D eigenvalue weighted by Gasteiger charge is 2.71. The van der Waals surface area contributed by atoms with Crippen molar-refractivity contribution in [3.8, 4) is 0 Å². The molecule has 2 unspecified atom stereocenters. The van der Waals surface area contributed by atoms with E-state index in [1.54, 1.807) is 12.2 Å². The molecule has 6 rings (SSSR count). The summed E-state index contributed by atoms with van der Waals surface area (Å²) in [6, 6.07) is 0. The molecule has 13 atom stereocenters. The van der Waals surface area contributed by atoms with Gasteiger partial charge < -0.3 is 28.8 Å². The lowest BCUT2D eigenvalue weighted by Gasteiger charge is -2.63. The van der Waals surface area contributed by atoms with Crippen LogP contribution in [0.5, 0.6) is 0 Å². The quantitative estimate of drug-likeness (QED) is 0.425. The van der Waals surface area contributed by atoms with E-state index in [2.05, 4.69) is 34.6 Å². The zero-order valence-corrected chi connectivity index (χ0v) is 27.7. The lowest BCUT2D eigenvalue weighted by molar-refractivity contribution is -0.396. The van der Waals surface area contributed by atoms with Crippen LogP contribution in [0.15, 0.2) is 23.8 Å². The Kier molecular flexibility index (Phi) is 7.40. The van der Waals surface area contributed by atoms with E-state index in [-0.39, 0.29) is 41.5 Å². The van der Waals surface area contributed by atoms with E-state index in [0.717, 1.165) is 18.4 Å². The molecule has 2 saturated heterocycles. The van der Waals surface area contributed by atoms with Crippen LogP contribution >= 0.6 is 0 Å². The van der Waals surface area contributed by atoms with Crippen molar-refractivity contribution in [1.29, 1.82) is 0 Å². The molecule has 3 saturated carbocycles. The van der Waals surface area contributed by atoms with Gasteiger partial charge in [0, 0.05) is 55.8 Å². The number of allylic oxidation sites excluding steroid dienone is 3. The second kappa shape index (κ2) is 10.2. The van der Waals surface area contributed by atoms with Crippen molar-refractivity contribution in [3.63, 3.8) is 0 Å². The van der Waals surface area contributed by atoms with E-state index in [9.17, 15) is 19.5 Å². The molecule has 0 aromatic heterocycles. The Labute approximate surface area is 261 Å². The van der Waals surface area contributed by atoms with Crippen LogP contribution in [-0.4, -0.2) is 64.4 Å². The molecular formula is C35H50O9. The summed E-state index contributed by atoms with van der Waals surface area (Å²) in [7, 11) is 0. The van der Waals surface area contributed by atoms with Gasteiger partial charge in [0.25, 0.3) is 5.97 Å². The second-order valence-corrected chi connectivity index (χ2v) is 15.5. The first kappa shape index (κ1) is 31.9. The Balaban J connectivity index is 1.42. The standard InChI is InChI=1S/C35H50O9/c1-10-35-42-26(17-33(8,44-35)31(5,6)43-35)18(2)23-11-12-24-27-25(40-19(3)36)16-21-15-22(38)13-14-32(21,7)28(27)29(39)30(34(23,24)9)41-20(4)37/h13-15,18,23-30,39H,10-12,16-17H2,1-9H3/t18-,23+,24-,25+,26+,27+,28+,29+,30?,32-,33+,34+,35?/m0/s1. The molecule has 0 spiro atoms. The maximum Gasteiger partial charge on any atom is 0.303 e. The lowest BCUT2D eigenvalue weighted by atomic mass is 9.44. The van der Waals surface area contributed by atoms with Crippen LogP contribution in [0.4, 0.5) is 0 Å². The zero-order chi connectivity index (χ0) is 32.2. The summed E-state index contributed by atoms with van der Waals surface area (Å²) in [6.07, 6.45) is 5.86. The highest BCUT2D eigenvalue weighted by atomic mass is 16.9. The topological polar surface area (TPSA) is 118 Å². The summed E-state index contributed by atoms with van der Waals surface area (Å²) < 4.78 is 31.8. The third-order valence-corrected chi connectivity index (χ3v) is 13.0. The summed E-state index contributed by atoms with van der Waals surface area (Å²) in [4.78, 5) is 37.6. The van der Waals surface area contributed by atoms with E-state index in [1.165, 1.54) is 13.8 Å². The Hall–Kier alpha value is -2.07. The monoisotopic (exact) mass is 614 g/mol. The molecule has 2 bridgehead atoms. The first-order chi connectivity index (χ1) is 20.4. The normalized spacial score (nSPS) is 49.3. The Morgan fingerprint density at radius 2 is 1.75 bits per heavy atom. The van der Waals surface area contributed by atoms with Gasteiger partial charge in [-0.25, -0.2) is 0 Å². The van der Waals surface area contributed by atoms with Crippen molar-refractivity contribution in [3.05, 3.63) is 23.8 Å². The SMILES string of the molecule is CCC12O[C@@H]([C@@H](C)[C@H]3CC[C@H]4[C@H]5[C@H]([C@@H](O)C(OC(C)=O)[C@]34C)[C@@]3(C)C=CC(=O)C=C3C[C@H]5OC(C)=O)C[C@@](C)(O1)C(C)(C)O2. The van der Waals surface area contributed by atoms with E-state index in [1.807, 2.05) is 19.9 Å². The number of hydrogen-bond donors (Lipinski definition) is 1. The molecular weight excluding hydrogens is 564 g/mol. The number of aliphatic hydroxyl groups excluding tert-OH is 1. The Bertz CT molecular complexity index is 1300.